The lowest BCUT2D eigenvalue weighted by Crippen LogP contribution is -2.39. The molecule has 0 unspecified atom stereocenters. The van der Waals surface area contributed by atoms with Crippen molar-refractivity contribution in [3.05, 3.63) is 40.9 Å². The molecule has 1 N–H and O–H groups in total. The lowest BCUT2D eigenvalue weighted by atomic mass is 9.74. The van der Waals surface area contributed by atoms with Crippen LogP contribution in [0.15, 0.2) is 35.4 Å². The highest BCUT2D eigenvalue weighted by atomic mass is 32.2. The summed E-state index contributed by atoms with van der Waals surface area (Å²) in [6.07, 6.45) is 3.30. The smallest absolute Gasteiger partial charge is 0.204 e. The zero-order valence-corrected chi connectivity index (χ0v) is 15.3. The molecule has 2 aromatic rings. The number of fused-ring (bicyclic) bond motifs is 1. The van der Waals surface area contributed by atoms with E-state index in [1.165, 1.54) is 23.5 Å². The quantitative estimate of drug-likeness (QED) is 0.813. The van der Waals surface area contributed by atoms with E-state index < -0.39 is 9.84 Å². The number of thiazole rings is 1. The Morgan fingerprint density at radius 2 is 2.16 bits per heavy atom. The normalized spacial score (nSPS) is 25.5. The first-order chi connectivity index (χ1) is 11.8. The van der Waals surface area contributed by atoms with Crippen LogP contribution in [0, 0.1) is 11.8 Å². The molecule has 25 heavy (non-hydrogen) atoms. The molecule has 1 aliphatic carbocycles. The van der Waals surface area contributed by atoms with Gasteiger partial charge >= 0.3 is 0 Å². The fourth-order valence-electron chi connectivity index (χ4n) is 3.55. The van der Waals surface area contributed by atoms with Crippen molar-refractivity contribution in [3.63, 3.8) is 0 Å². The van der Waals surface area contributed by atoms with E-state index in [1.54, 1.807) is 18.3 Å². The molecule has 3 atom stereocenters. The van der Waals surface area contributed by atoms with E-state index in [9.17, 15) is 18.3 Å². The number of sulfone groups is 1. The maximum absolute atomic E-state index is 12.7. The monoisotopic (exact) mass is 378 g/mol. The predicted molar refractivity (Wildman–Crippen MR) is 94.9 cm³/mol. The van der Waals surface area contributed by atoms with E-state index in [-0.39, 0.29) is 16.8 Å². The SMILES string of the molecule is CS(=O)(=O)c1cccc(C(=O)c2cnc(N3C[C@@H]4C[C@H](O)[C@@H]4C3)s2)c1. The second-order valence-electron chi connectivity index (χ2n) is 6.77. The zero-order chi connectivity index (χ0) is 17.8. The van der Waals surface area contributed by atoms with Crippen LogP contribution in [0.2, 0.25) is 0 Å². The van der Waals surface area contributed by atoms with Gasteiger partial charge < -0.3 is 10.0 Å². The van der Waals surface area contributed by atoms with Gasteiger partial charge in [-0.2, -0.15) is 0 Å². The summed E-state index contributed by atoms with van der Waals surface area (Å²) in [5.41, 5.74) is 0.343. The molecule has 132 valence electrons. The number of aromatic nitrogens is 1. The molecular weight excluding hydrogens is 360 g/mol. The van der Waals surface area contributed by atoms with Crippen LogP contribution in [0.4, 0.5) is 5.13 Å². The molecule has 1 aliphatic heterocycles. The van der Waals surface area contributed by atoms with Crippen LogP contribution in [0.5, 0.6) is 0 Å². The fraction of sp³-hybridized carbons (Fsp3) is 0.412. The number of hydrogen-bond donors (Lipinski definition) is 1. The summed E-state index contributed by atoms with van der Waals surface area (Å²) >= 11 is 1.31. The maximum atomic E-state index is 12.7. The first kappa shape index (κ1) is 16.7. The molecule has 6 nitrogen and oxygen atoms in total. The van der Waals surface area contributed by atoms with Crippen LogP contribution in [0.25, 0.3) is 0 Å². The van der Waals surface area contributed by atoms with Crippen LogP contribution >= 0.6 is 11.3 Å². The van der Waals surface area contributed by atoms with E-state index in [4.69, 9.17) is 0 Å². The van der Waals surface area contributed by atoms with Gasteiger partial charge in [0, 0.05) is 30.8 Å². The Labute approximate surface area is 150 Å². The van der Waals surface area contributed by atoms with E-state index in [2.05, 4.69) is 9.88 Å². The van der Waals surface area contributed by atoms with Crippen LogP contribution in [0.3, 0.4) is 0 Å². The molecule has 0 bridgehead atoms. The van der Waals surface area contributed by atoms with Gasteiger partial charge in [-0.25, -0.2) is 13.4 Å². The van der Waals surface area contributed by atoms with Gasteiger partial charge in [0.25, 0.3) is 0 Å². The van der Waals surface area contributed by atoms with Crippen molar-refractivity contribution in [3.8, 4) is 0 Å². The minimum Gasteiger partial charge on any atom is -0.393 e. The second kappa shape index (κ2) is 5.89. The van der Waals surface area contributed by atoms with Crippen LogP contribution in [-0.4, -0.2) is 49.7 Å². The lowest BCUT2D eigenvalue weighted by molar-refractivity contribution is -0.00399. The average Bonchev–Trinajstić information content (AvgIpc) is 3.17. The van der Waals surface area contributed by atoms with E-state index in [0.717, 1.165) is 30.9 Å². The lowest BCUT2D eigenvalue weighted by Gasteiger charge is -2.34. The van der Waals surface area contributed by atoms with Gasteiger partial charge in [0.2, 0.25) is 5.78 Å². The van der Waals surface area contributed by atoms with Crippen molar-refractivity contribution < 1.29 is 18.3 Å². The molecule has 8 heteroatoms. The fourth-order valence-corrected chi connectivity index (χ4v) is 5.12. The number of aliphatic hydroxyl groups excluding tert-OH is 1. The summed E-state index contributed by atoms with van der Waals surface area (Å²) in [5, 5.41) is 10.6. The van der Waals surface area contributed by atoms with Gasteiger partial charge in [0.1, 0.15) is 0 Å². The van der Waals surface area contributed by atoms with Gasteiger partial charge in [0.15, 0.2) is 15.0 Å². The molecule has 2 heterocycles. The zero-order valence-electron chi connectivity index (χ0n) is 13.6. The largest absolute Gasteiger partial charge is 0.393 e. The number of aliphatic hydroxyl groups is 1. The number of anilines is 1. The minimum atomic E-state index is -3.36. The number of ketones is 1. The first-order valence-corrected chi connectivity index (χ1v) is 10.8. The minimum absolute atomic E-state index is 0.133. The Morgan fingerprint density at radius 3 is 2.84 bits per heavy atom. The summed E-state index contributed by atoms with van der Waals surface area (Å²) in [5.74, 6) is 0.607. The third-order valence-corrected chi connectivity index (χ3v) is 7.21. The summed E-state index contributed by atoms with van der Waals surface area (Å²) in [6.45, 7) is 1.64. The summed E-state index contributed by atoms with van der Waals surface area (Å²) < 4.78 is 23.3. The molecule has 0 amide bonds. The molecule has 2 fully saturated rings. The van der Waals surface area contributed by atoms with E-state index >= 15 is 0 Å². The molecule has 1 saturated carbocycles. The third kappa shape index (κ3) is 2.98. The maximum Gasteiger partial charge on any atom is 0.204 e. The number of carbonyl (C=O) groups is 1. The molecule has 1 saturated heterocycles. The molecule has 0 radical (unpaired) electrons. The Morgan fingerprint density at radius 1 is 1.36 bits per heavy atom. The number of benzene rings is 1. The molecule has 1 aromatic carbocycles. The van der Waals surface area contributed by atoms with E-state index in [1.807, 2.05) is 0 Å². The summed E-state index contributed by atoms with van der Waals surface area (Å²) in [4.78, 5) is 19.8. The number of hydrogen-bond acceptors (Lipinski definition) is 7. The molecule has 4 rings (SSSR count). The third-order valence-electron chi connectivity index (χ3n) is 5.04. The van der Waals surface area contributed by atoms with Crippen molar-refractivity contribution in [2.45, 2.75) is 17.4 Å². The van der Waals surface area contributed by atoms with Crippen LogP contribution in [0.1, 0.15) is 21.7 Å². The van der Waals surface area contributed by atoms with E-state index in [0.29, 0.717) is 22.3 Å². The number of carbonyl (C=O) groups excluding carboxylic acids is 1. The van der Waals surface area contributed by atoms with Gasteiger partial charge in [-0.05, 0) is 24.5 Å². The van der Waals surface area contributed by atoms with Crippen LogP contribution in [-0.2, 0) is 9.84 Å². The second-order valence-corrected chi connectivity index (χ2v) is 9.79. The Hall–Kier alpha value is -1.77. The highest BCUT2D eigenvalue weighted by Crippen LogP contribution is 2.43. The van der Waals surface area contributed by atoms with Gasteiger partial charge in [-0.3, -0.25) is 4.79 Å². The molecule has 2 aliphatic rings. The van der Waals surface area contributed by atoms with Gasteiger partial charge in [-0.15, -0.1) is 0 Å². The van der Waals surface area contributed by atoms with Crippen molar-refractivity contribution >= 4 is 32.1 Å². The molecule has 0 spiro atoms. The molecule has 1 aromatic heterocycles. The standard InChI is InChI=1S/C17H18N2O4S2/c1-25(22,23)12-4-2-3-10(5-12)16(21)15-7-18-17(24-15)19-8-11-6-14(20)13(11)9-19/h2-5,7,11,13-14,20H,6,8-9H2,1H3/t11-,13+,14-/m0/s1. The van der Waals surface area contributed by atoms with Gasteiger partial charge in [-0.1, -0.05) is 23.5 Å². The molecular formula is C17H18N2O4S2. The number of nitrogens with zero attached hydrogens (tertiary/aromatic N) is 2. The van der Waals surface area contributed by atoms with Crippen molar-refractivity contribution in [1.29, 1.82) is 0 Å². The van der Waals surface area contributed by atoms with Crippen molar-refractivity contribution in [2.75, 3.05) is 24.2 Å². The van der Waals surface area contributed by atoms with Crippen LogP contribution < -0.4 is 4.90 Å². The summed E-state index contributed by atoms with van der Waals surface area (Å²) in [6, 6.07) is 6.08. The highest BCUT2D eigenvalue weighted by molar-refractivity contribution is 7.90. The first-order valence-electron chi connectivity index (χ1n) is 8.06. The Kier molecular flexibility index (Phi) is 3.93. The predicted octanol–water partition coefficient (Wildman–Crippen LogP) is 1.59. The highest BCUT2D eigenvalue weighted by Gasteiger charge is 2.46. The van der Waals surface area contributed by atoms with Crippen molar-refractivity contribution in [2.24, 2.45) is 11.8 Å². The topological polar surface area (TPSA) is 87.6 Å². The Bertz CT molecular complexity index is 938. The Balaban J connectivity index is 1.55. The average molecular weight is 378 g/mol. The summed E-state index contributed by atoms with van der Waals surface area (Å²) in [7, 11) is -3.36. The number of rotatable bonds is 4. The van der Waals surface area contributed by atoms with Gasteiger partial charge in [0.05, 0.1) is 22.1 Å². The van der Waals surface area contributed by atoms with Crippen molar-refractivity contribution in [1.82, 2.24) is 4.98 Å².